The van der Waals surface area contributed by atoms with E-state index in [1.165, 1.54) is 18.3 Å². The molecule has 0 aliphatic heterocycles. The van der Waals surface area contributed by atoms with Gasteiger partial charge in [-0.25, -0.2) is 8.78 Å². The highest BCUT2D eigenvalue weighted by molar-refractivity contribution is 9.10. The Morgan fingerprint density at radius 2 is 1.94 bits per heavy atom. The van der Waals surface area contributed by atoms with Crippen LogP contribution in [0.2, 0.25) is 0 Å². The fourth-order valence-electron chi connectivity index (χ4n) is 1.51. The largest absolute Gasteiger partial charge is 0.397 e. The lowest BCUT2D eigenvalue weighted by atomic mass is 10.1. The number of aromatic nitrogens is 1. The summed E-state index contributed by atoms with van der Waals surface area (Å²) in [5, 5.41) is 0. The van der Waals surface area contributed by atoms with Gasteiger partial charge in [0.2, 0.25) is 0 Å². The second kappa shape index (κ2) is 4.41. The zero-order chi connectivity index (χ0) is 12.6. The Hall–Kier alpha value is -1.49. The van der Waals surface area contributed by atoms with E-state index < -0.39 is 11.6 Å². The molecule has 0 atom stereocenters. The number of pyridine rings is 1. The van der Waals surface area contributed by atoms with Crippen LogP contribution >= 0.6 is 15.9 Å². The van der Waals surface area contributed by atoms with Crippen molar-refractivity contribution in [3.8, 4) is 11.3 Å². The molecule has 2 N–H and O–H groups in total. The molecule has 2 nitrogen and oxygen atoms in total. The Bertz CT molecular complexity index is 585. The van der Waals surface area contributed by atoms with Crippen LogP contribution in [0.15, 0.2) is 28.9 Å². The summed E-state index contributed by atoms with van der Waals surface area (Å²) in [6, 6.07) is 4.17. The van der Waals surface area contributed by atoms with Crippen molar-refractivity contribution >= 4 is 21.6 Å². The van der Waals surface area contributed by atoms with Gasteiger partial charge in [-0.3, -0.25) is 4.98 Å². The summed E-state index contributed by atoms with van der Waals surface area (Å²) in [5.41, 5.74) is 6.72. The van der Waals surface area contributed by atoms with Gasteiger partial charge in [-0.1, -0.05) is 0 Å². The molecule has 2 aromatic rings. The first kappa shape index (κ1) is 12.0. The first-order valence-corrected chi connectivity index (χ1v) is 5.66. The lowest BCUT2D eigenvalue weighted by Crippen LogP contribution is -2.00. The number of anilines is 1. The van der Waals surface area contributed by atoms with Crippen molar-refractivity contribution in [3.05, 3.63) is 46.1 Å². The Morgan fingerprint density at radius 1 is 1.24 bits per heavy atom. The van der Waals surface area contributed by atoms with E-state index in [1.54, 1.807) is 13.0 Å². The van der Waals surface area contributed by atoms with E-state index in [2.05, 4.69) is 20.9 Å². The molecule has 0 amide bonds. The van der Waals surface area contributed by atoms with Crippen LogP contribution in [0.25, 0.3) is 11.3 Å². The Labute approximate surface area is 106 Å². The first-order chi connectivity index (χ1) is 8.02. The van der Waals surface area contributed by atoms with Gasteiger partial charge in [-0.15, -0.1) is 0 Å². The molecule has 0 aliphatic carbocycles. The van der Waals surface area contributed by atoms with Gasteiger partial charge in [-0.2, -0.15) is 0 Å². The Balaban J connectivity index is 2.77. The maximum Gasteiger partial charge on any atom is 0.149 e. The van der Waals surface area contributed by atoms with E-state index in [4.69, 9.17) is 5.73 Å². The number of hydrogen-bond donors (Lipinski definition) is 1. The van der Waals surface area contributed by atoms with Crippen LogP contribution in [0.4, 0.5) is 14.5 Å². The number of nitrogens with zero attached hydrogens (tertiary/aromatic N) is 1. The van der Waals surface area contributed by atoms with E-state index >= 15 is 0 Å². The summed E-state index contributed by atoms with van der Waals surface area (Å²) in [7, 11) is 0. The fourth-order valence-corrected chi connectivity index (χ4v) is 1.84. The molecule has 0 aliphatic rings. The second-order valence-electron chi connectivity index (χ2n) is 3.61. The monoisotopic (exact) mass is 298 g/mol. The van der Waals surface area contributed by atoms with E-state index in [1.807, 2.05) is 0 Å². The third kappa shape index (κ3) is 2.02. The predicted molar refractivity (Wildman–Crippen MR) is 66.4 cm³/mol. The van der Waals surface area contributed by atoms with Crippen molar-refractivity contribution in [3.63, 3.8) is 0 Å². The number of benzene rings is 1. The maximum atomic E-state index is 13.9. The molecule has 88 valence electrons. The zero-order valence-electron chi connectivity index (χ0n) is 8.97. The summed E-state index contributed by atoms with van der Waals surface area (Å²) in [6.45, 7) is 1.76. The van der Waals surface area contributed by atoms with Crippen molar-refractivity contribution in [1.29, 1.82) is 0 Å². The molecular formula is C12H9BrF2N2. The van der Waals surface area contributed by atoms with Crippen LogP contribution < -0.4 is 5.73 Å². The van der Waals surface area contributed by atoms with Crippen LogP contribution in [0.3, 0.4) is 0 Å². The van der Waals surface area contributed by atoms with Gasteiger partial charge >= 0.3 is 0 Å². The molecule has 0 unspecified atom stereocenters. The topological polar surface area (TPSA) is 38.9 Å². The molecule has 0 fully saturated rings. The van der Waals surface area contributed by atoms with Crippen LogP contribution in [0, 0.1) is 18.6 Å². The quantitative estimate of drug-likeness (QED) is 0.816. The predicted octanol–water partition coefficient (Wildman–Crippen LogP) is 3.68. The number of nitrogen functional groups attached to an aromatic ring is 1. The van der Waals surface area contributed by atoms with Crippen LogP contribution in [0.1, 0.15) is 5.56 Å². The van der Waals surface area contributed by atoms with Crippen molar-refractivity contribution in [2.24, 2.45) is 0 Å². The highest BCUT2D eigenvalue weighted by Gasteiger charge is 2.18. The molecule has 0 radical (unpaired) electrons. The zero-order valence-corrected chi connectivity index (χ0v) is 10.6. The highest BCUT2D eigenvalue weighted by Crippen LogP contribution is 2.33. The van der Waals surface area contributed by atoms with Gasteiger partial charge in [0.05, 0.1) is 21.4 Å². The van der Waals surface area contributed by atoms with Gasteiger partial charge < -0.3 is 5.73 Å². The van der Waals surface area contributed by atoms with Gasteiger partial charge in [0.25, 0.3) is 0 Å². The average Bonchev–Trinajstić information content (AvgIpc) is 2.30. The van der Waals surface area contributed by atoms with Crippen molar-refractivity contribution in [1.82, 2.24) is 4.98 Å². The normalized spacial score (nSPS) is 10.6. The minimum Gasteiger partial charge on any atom is -0.397 e. The van der Waals surface area contributed by atoms with Crippen LogP contribution in [0.5, 0.6) is 0 Å². The summed E-state index contributed by atoms with van der Waals surface area (Å²) >= 11 is 3.01. The van der Waals surface area contributed by atoms with E-state index in [0.29, 0.717) is 0 Å². The minimum atomic E-state index is -0.699. The lowest BCUT2D eigenvalue weighted by Gasteiger charge is -2.10. The molecule has 0 spiro atoms. The number of aryl methyl sites for hydroxylation is 1. The average molecular weight is 299 g/mol. The fraction of sp³-hybridized carbons (Fsp3) is 0.0833. The minimum absolute atomic E-state index is 0.126. The van der Waals surface area contributed by atoms with Crippen LogP contribution in [-0.4, -0.2) is 4.98 Å². The molecule has 1 heterocycles. The van der Waals surface area contributed by atoms with E-state index in [-0.39, 0.29) is 21.4 Å². The van der Waals surface area contributed by atoms with Crippen LogP contribution in [-0.2, 0) is 0 Å². The molecule has 2 rings (SSSR count). The van der Waals surface area contributed by atoms with Crippen molar-refractivity contribution < 1.29 is 8.78 Å². The molecule has 0 saturated heterocycles. The summed E-state index contributed by atoms with van der Waals surface area (Å²) < 4.78 is 27.7. The molecule has 1 aromatic carbocycles. The lowest BCUT2D eigenvalue weighted by molar-refractivity contribution is 0.584. The SMILES string of the molecule is Cc1ccnc(-c2c(F)ccc(Br)c2F)c1N. The van der Waals surface area contributed by atoms with Gasteiger partial charge in [0.15, 0.2) is 0 Å². The molecule has 5 heteroatoms. The number of halogens is 3. The van der Waals surface area contributed by atoms with Gasteiger partial charge in [0, 0.05) is 6.20 Å². The third-order valence-electron chi connectivity index (χ3n) is 2.49. The molecule has 0 saturated carbocycles. The standard InChI is InChI=1S/C12H9BrF2N2/c1-6-4-5-17-12(11(6)16)9-8(14)3-2-7(13)10(9)15/h2-5H,16H2,1H3. The van der Waals surface area contributed by atoms with Gasteiger partial charge in [-0.05, 0) is 46.6 Å². The summed E-state index contributed by atoms with van der Waals surface area (Å²) in [5.74, 6) is -1.38. The smallest absolute Gasteiger partial charge is 0.149 e. The molecule has 17 heavy (non-hydrogen) atoms. The Morgan fingerprint density at radius 3 is 2.65 bits per heavy atom. The van der Waals surface area contributed by atoms with Crippen molar-refractivity contribution in [2.75, 3.05) is 5.73 Å². The first-order valence-electron chi connectivity index (χ1n) is 4.87. The van der Waals surface area contributed by atoms with Crippen molar-refractivity contribution in [2.45, 2.75) is 6.92 Å². The highest BCUT2D eigenvalue weighted by atomic mass is 79.9. The summed E-state index contributed by atoms with van der Waals surface area (Å²) in [4.78, 5) is 3.95. The maximum absolute atomic E-state index is 13.9. The molecule has 0 bridgehead atoms. The van der Waals surface area contributed by atoms with E-state index in [0.717, 1.165) is 5.56 Å². The molecular weight excluding hydrogens is 290 g/mol. The number of rotatable bonds is 1. The third-order valence-corrected chi connectivity index (χ3v) is 3.10. The summed E-state index contributed by atoms with van der Waals surface area (Å²) in [6.07, 6.45) is 1.47. The van der Waals surface area contributed by atoms with E-state index in [9.17, 15) is 8.78 Å². The number of hydrogen-bond acceptors (Lipinski definition) is 2. The molecule has 1 aromatic heterocycles. The second-order valence-corrected chi connectivity index (χ2v) is 4.46. The number of nitrogens with two attached hydrogens (primary N) is 1. The van der Waals surface area contributed by atoms with Gasteiger partial charge in [0.1, 0.15) is 11.6 Å². The Kier molecular flexibility index (Phi) is 3.11.